The summed E-state index contributed by atoms with van der Waals surface area (Å²) >= 11 is 22.0. The molecule has 6 nitrogen and oxygen atoms in total. The third-order valence-corrected chi connectivity index (χ3v) is 7.20. The zero-order valence-electron chi connectivity index (χ0n) is 15.5. The second-order valence-electron chi connectivity index (χ2n) is 5.93. The molecule has 11 heteroatoms. The third-order valence-electron chi connectivity index (χ3n) is 3.71. The Morgan fingerprint density at radius 1 is 1.13 bits per heavy atom. The van der Waals surface area contributed by atoms with Gasteiger partial charge in [0.25, 0.3) is 5.09 Å². The van der Waals surface area contributed by atoms with Crippen LogP contribution in [0, 0.1) is 10.1 Å². The lowest BCUT2D eigenvalue weighted by molar-refractivity contribution is -0.742. The zero-order valence-corrected chi connectivity index (χ0v) is 19.4. The van der Waals surface area contributed by atoms with E-state index in [2.05, 4.69) is 21.7 Å². The van der Waals surface area contributed by atoms with E-state index in [1.807, 2.05) is 66.5 Å². The molecule has 1 heterocycles. The van der Waals surface area contributed by atoms with E-state index in [0.29, 0.717) is 10.3 Å². The van der Waals surface area contributed by atoms with Crippen LogP contribution in [0.2, 0.25) is 15.1 Å². The highest BCUT2D eigenvalue weighted by atomic mass is 35.5. The van der Waals surface area contributed by atoms with E-state index < -0.39 is 5.09 Å². The van der Waals surface area contributed by atoms with Gasteiger partial charge in [-0.05, 0) is 42.0 Å². The quantitative estimate of drug-likeness (QED) is 0.211. The van der Waals surface area contributed by atoms with E-state index >= 15 is 0 Å². The van der Waals surface area contributed by atoms with Crippen LogP contribution in [0.4, 0.5) is 0 Å². The van der Waals surface area contributed by atoms with Gasteiger partial charge >= 0.3 is 0 Å². The Morgan fingerprint density at radius 3 is 2.40 bits per heavy atom. The lowest BCUT2D eigenvalue weighted by Crippen LogP contribution is -2.15. The molecule has 1 aromatic heterocycles. The van der Waals surface area contributed by atoms with Gasteiger partial charge in [-0.3, -0.25) is 0 Å². The Kier molecular flexibility index (Phi) is 10.7. The van der Waals surface area contributed by atoms with E-state index in [9.17, 15) is 0 Å². The summed E-state index contributed by atoms with van der Waals surface area (Å²) in [4.78, 5) is 13.7. The largest absolute Gasteiger partial charge is 0.336 e. The van der Waals surface area contributed by atoms with Crippen molar-refractivity contribution in [2.45, 2.75) is 22.4 Å². The summed E-state index contributed by atoms with van der Waals surface area (Å²) in [5.41, 5.74) is 1.10. The van der Waals surface area contributed by atoms with E-state index in [4.69, 9.17) is 50.1 Å². The van der Waals surface area contributed by atoms with Gasteiger partial charge in [0.05, 0.1) is 6.33 Å². The van der Waals surface area contributed by atoms with Crippen LogP contribution in [0.5, 0.6) is 0 Å². The van der Waals surface area contributed by atoms with Crippen molar-refractivity contribution in [3.05, 3.63) is 91.9 Å². The average Bonchev–Trinajstić information content (AvgIpc) is 3.19. The summed E-state index contributed by atoms with van der Waals surface area (Å²) in [5, 5.41) is 16.2. The van der Waals surface area contributed by atoms with Crippen LogP contribution in [-0.4, -0.2) is 30.8 Å². The van der Waals surface area contributed by atoms with Gasteiger partial charge in [0, 0.05) is 55.7 Å². The summed E-state index contributed by atoms with van der Waals surface area (Å²) in [6.07, 6.45) is 5.66. The van der Waals surface area contributed by atoms with Crippen molar-refractivity contribution < 1.29 is 10.3 Å². The topological polar surface area (TPSA) is 81.2 Å². The number of rotatable bonds is 8. The van der Waals surface area contributed by atoms with Crippen molar-refractivity contribution in [3.63, 3.8) is 0 Å². The molecule has 2 aromatic carbocycles. The van der Waals surface area contributed by atoms with Gasteiger partial charge in [-0.1, -0.05) is 40.9 Å². The highest BCUT2D eigenvalue weighted by Gasteiger charge is 2.13. The molecule has 1 unspecified atom stereocenters. The minimum Gasteiger partial charge on any atom is -0.336 e. The lowest BCUT2D eigenvalue weighted by atomic mass is 10.2. The smallest absolute Gasteiger partial charge is 0.291 e. The molecule has 0 saturated carbocycles. The van der Waals surface area contributed by atoms with Gasteiger partial charge in [0.2, 0.25) is 0 Å². The number of thioether (sulfide) groups is 2. The van der Waals surface area contributed by atoms with E-state index in [-0.39, 0.29) is 0 Å². The van der Waals surface area contributed by atoms with Gasteiger partial charge < -0.3 is 9.77 Å². The molecule has 0 radical (unpaired) electrons. The monoisotopic (exact) mass is 505 g/mol. The van der Waals surface area contributed by atoms with E-state index in [0.717, 1.165) is 33.7 Å². The molecule has 3 rings (SSSR count). The third kappa shape index (κ3) is 9.49. The van der Waals surface area contributed by atoms with E-state index in [1.165, 1.54) is 4.90 Å². The van der Waals surface area contributed by atoms with Gasteiger partial charge in [0.1, 0.15) is 0 Å². The Morgan fingerprint density at radius 2 is 1.80 bits per heavy atom. The summed E-state index contributed by atoms with van der Waals surface area (Å²) in [5.74, 6) is 1.83. The van der Waals surface area contributed by atoms with Gasteiger partial charge in [-0.2, -0.15) is 11.8 Å². The van der Waals surface area contributed by atoms with Crippen LogP contribution in [0.3, 0.4) is 0 Å². The summed E-state index contributed by atoms with van der Waals surface area (Å²) in [6, 6.07) is 13.6. The summed E-state index contributed by atoms with van der Waals surface area (Å²) in [6.45, 7) is 0.899. The maximum Gasteiger partial charge on any atom is 0.291 e. The Balaban J connectivity index is 0.000000735. The number of hydrogen-bond donors (Lipinski definition) is 1. The first-order valence-electron chi connectivity index (χ1n) is 8.56. The van der Waals surface area contributed by atoms with Crippen LogP contribution in [0.1, 0.15) is 5.56 Å². The Bertz CT molecular complexity index is 925. The molecule has 0 aliphatic rings. The van der Waals surface area contributed by atoms with Crippen molar-refractivity contribution in [3.8, 4) is 0 Å². The standard InChI is InChI=1S/C19H17Cl3N2S2.HNO3/c20-15-3-5-17(6-4-15)26-12-18(10-24-8-7-23-13-24)25-11-14-1-2-16(21)9-19(14)22;2-1(3)4/h1-9,13,18H,10-12H2;(H,2,3,4). The minimum atomic E-state index is -1.50. The van der Waals surface area contributed by atoms with Crippen molar-refractivity contribution in [2.75, 3.05) is 5.75 Å². The first kappa shape index (κ1) is 24.7. The predicted octanol–water partition coefficient (Wildman–Crippen LogP) is 6.59. The summed E-state index contributed by atoms with van der Waals surface area (Å²) in [7, 11) is 0. The normalized spacial score (nSPS) is 11.4. The molecule has 30 heavy (non-hydrogen) atoms. The molecule has 0 aliphatic heterocycles. The molecule has 0 saturated heterocycles. The van der Waals surface area contributed by atoms with Gasteiger partial charge in [0.15, 0.2) is 0 Å². The zero-order chi connectivity index (χ0) is 21.9. The maximum absolute atomic E-state index is 8.36. The number of halogens is 3. The fourth-order valence-electron chi connectivity index (χ4n) is 2.35. The summed E-state index contributed by atoms with van der Waals surface area (Å²) < 4.78 is 2.11. The average molecular weight is 507 g/mol. The van der Waals surface area contributed by atoms with Gasteiger partial charge in [-0.25, -0.2) is 4.98 Å². The number of imidazole rings is 1. The van der Waals surface area contributed by atoms with Crippen LogP contribution in [0.15, 0.2) is 66.1 Å². The molecular formula is C19H18Cl3N3O3S2. The van der Waals surface area contributed by atoms with Crippen molar-refractivity contribution in [1.29, 1.82) is 0 Å². The fraction of sp³-hybridized carbons (Fsp3) is 0.211. The number of aromatic nitrogens is 2. The molecule has 0 bridgehead atoms. The number of nitrogens with zero attached hydrogens (tertiary/aromatic N) is 3. The number of hydrogen-bond acceptors (Lipinski definition) is 5. The molecule has 3 aromatic rings. The second kappa shape index (κ2) is 13.0. The molecule has 0 spiro atoms. The van der Waals surface area contributed by atoms with Crippen LogP contribution >= 0.6 is 58.3 Å². The van der Waals surface area contributed by atoms with E-state index in [1.54, 1.807) is 6.07 Å². The minimum absolute atomic E-state index is 0.414. The van der Waals surface area contributed by atoms with Crippen molar-refractivity contribution in [1.82, 2.24) is 9.55 Å². The lowest BCUT2D eigenvalue weighted by Gasteiger charge is -2.17. The van der Waals surface area contributed by atoms with Crippen molar-refractivity contribution >= 4 is 58.3 Å². The fourth-order valence-corrected chi connectivity index (χ4v) is 5.38. The molecular weight excluding hydrogens is 489 g/mol. The molecule has 1 N–H and O–H groups in total. The van der Waals surface area contributed by atoms with Crippen molar-refractivity contribution in [2.24, 2.45) is 0 Å². The van der Waals surface area contributed by atoms with Crippen LogP contribution in [-0.2, 0) is 12.3 Å². The number of benzene rings is 2. The highest BCUT2D eigenvalue weighted by Crippen LogP contribution is 2.30. The first-order chi connectivity index (χ1) is 14.3. The molecule has 160 valence electrons. The molecule has 0 fully saturated rings. The van der Waals surface area contributed by atoms with Crippen LogP contribution < -0.4 is 0 Å². The maximum atomic E-state index is 8.36. The molecule has 0 aliphatic carbocycles. The predicted molar refractivity (Wildman–Crippen MR) is 125 cm³/mol. The first-order valence-corrected chi connectivity index (χ1v) is 11.7. The Hall–Kier alpha value is -1.58. The second-order valence-corrected chi connectivity index (χ2v) is 9.59. The van der Waals surface area contributed by atoms with Crippen LogP contribution in [0.25, 0.3) is 0 Å². The SMILES string of the molecule is Clc1ccc(SCC(Cn2ccnc2)SCc2ccc(Cl)cc2Cl)cc1.O=[N+]([O-])O. The molecule has 1 atom stereocenters. The van der Waals surface area contributed by atoms with Gasteiger partial charge in [-0.15, -0.1) is 21.9 Å². The Labute approximate surface area is 197 Å². The molecule has 0 amide bonds. The highest BCUT2D eigenvalue weighted by molar-refractivity contribution is 8.03.